The molecule has 0 spiro atoms. The first-order chi connectivity index (χ1) is 11.7. The van der Waals surface area contributed by atoms with Crippen molar-refractivity contribution in [2.24, 2.45) is 17.8 Å². The normalized spacial score (nSPS) is 26.3. The summed E-state index contributed by atoms with van der Waals surface area (Å²) in [4.78, 5) is 30.2. The van der Waals surface area contributed by atoms with Gasteiger partial charge in [-0.15, -0.1) is 22.7 Å². The lowest BCUT2D eigenvalue weighted by atomic mass is 9.67. The molecule has 2 aliphatic carbocycles. The van der Waals surface area contributed by atoms with Crippen molar-refractivity contribution in [2.45, 2.75) is 38.7 Å². The number of carbonyl (C=O) groups excluding carboxylic acids is 2. The van der Waals surface area contributed by atoms with Gasteiger partial charge in [-0.1, -0.05) is 12.5 Å². The SMILES string of the molecule is O=C(OCc1csc(-c2cccs2)n1)C1CC2CCCC(C1)C2=O. The zero-order chi connectivity index (χ0) is 16.5. The fourth-order valence-corrected chi connectivity index (χ4v) is 5.44. The largest absolute Gasteiger partial charge is 0.459 e. The summed E-state index contributed by atoms with van der Waals surface area (Å²) in [7, 11) is 0. The first-order valence-corrected chi connectivity index (χ1v) is 10.2. The molecular weight excluding hydrogens is 342 g/mol. The second kappa shape index (κ2) is 6.76. The summed E-state index contributed by atoms with van der Waals surface area (Å²) in [6.07, 6.45) is 4.34. The number of fused-ring (bicyclic) bond motifs is 2. The number of hydrogen-bond acceptors (Lipinski definition) is 6. The molecule has 2 unspecified atom stereocenters. The predicted molar refractivity (Wildman–Crippen MR) is 93.8 cm³/mol. The minimum absolute atomic E-state index is 0.0831. The zero-order valence-electron chi connectivity index (χ0n) is 13.3. The van der Waals surface area contributed by atoms with E-state index in [1.165, 1.54) is 0 Å². The molecule has 126 valence electrons. The van der Waals surface area contributed by atoms with Gasteiger partial charge >= 0.3 is 5.97 Å². The molecule has 2 bridgehead atoms. The average molecular weight is 361 g/mol. The van der Waals surface area contributed by atoms with E-state index in [1.807, 2.05) is 22.9 Å². The molecule has 4 rings (SSSR count). The Labute approximate surface area is 148 Å². The van der Waals surface area contributed by atoms with Gasteiger partial charge in [0.05, 0.1) is 16.5 Å². The zero-order valence-corrected chi connectivity index (χ0v) is 14.9. The van der Waals surface area contributed by atoms with E-state index in [1.54, 1.807) is 22.7 Å². The number of thiophene rings is 1. The summed E-state index contributed by atoms with van der Waals surface area (Å²) in [6, 6.07) is 4.04. The van der Waals surface area contributed by atoms with E-state index in [0.29, 0.717) is 18.6 Å². The Morgan fingerprint density at radius 2 is 2.04 bits per heavy atom. The topological polar surface area (TPSA) is 56.3 Å². The molecule has 2 aromatic heterocycles. The van der Waals surface area contributed by atoms with Crippen LogP contribution in [0.3, 0.4) is 0 Å². The second-order valence-corrected chi connectivity index (χ2v) is 8.43. The summed E-state index contributed by atoms with van der Waals surface area (Å²) in [5.41, 5.74) is 0.795. The molecular formula is C18H19NO3S2. The van der Waals surface area contributed by atoms with Crippen LogP contribution in [0.4, 0.5) is 0 Å². The molecule has 0 saturated heterocycles. The minimum atomic E-state index is -0.162. The molecule has 2 fully saturated rings. The van der Waals surface area contributed by atoms with Crippen LogP contribution < -0.4 is 0 Å². The lowest BCUT2D eigenvalue weighted by molar-refractivity contribution is -0.154. The number of ketones is 1. The highest BCUT2D eigenvalue weighted by Gasteiger charge is 2.41. The maximum Gasteiger partial charge on any atom is 0.309 e. The van der Waals surface area contributed by atoms with Gasteiger partial charge in [0.1, 0.15) is 17.4 Å². The first kappa shape index (κ1) is 16.0. The summed E-state index contributed by atoms with van der Waals surface area (Å²) in [5.74, 6) is 0.267. The lowest BCUT2D eigenvalue weighted by Gasteiger charge is -2.36. The molecule has 0 amide bonds. The fourth-order valence-electron chi connectivity index (χ4n) is 3.82. The van der Waals surface area contributed by atoms with Crippen LogP contribution in [-0.2, 0) is 20.9 Å². The molecule has 0 N–H and O–H groups in total. The predicted octanol–water partition coefficient (Wildman–Crippen LogP) is 4.31. The van der Waals surface area contributed by atoms with Crippen molar-refractivity contribution in [3.8, 4) is 9.88 Å². The van der Waals surface area contributed by atoms with Crippen LogP contribution in [0.5, 0.6) is 0 Å². The smallest absolute Gasteiger partial charge is 0.309 e. The number of esters is 1. The number of nitrogens with zero attached hydrogens (tertiary/aromatic N) is 1. The minimum Gasteiger partial charge on any atom is -0.459 e. The first-order valence-electron chi connectivity index (χ1n) is 8.39. The third-order valence-corrected chi connectivity index (χ3v) is 6.96. The Morgan fingerprint density at radius 1 is 1.25 bits per heavy atom. The number of hydrogen-bond donors (Lipinski definition) is 0. The summed E-state index contributed by atoms with van der Waals surface area (Å²) in [5, 5.41) is 4.94. The average Bonchev–Trinajstić information content (AvgIpc) is 3.23. The lowest BCUT2D eigenvalue weighted by Crippen LogP contribution is -2.39. The maximum absolute atomic E-state index is 12.4. The van der Waals surface area contributed by atoms with Crippen molar-refractivity contribution in [2.75, 3.05) is 0 Å². The van der Waals surface area contributed by atoms with E-state index in [2.05, 4.69) is 4.98 Å². The third-order valence-electron chi connectivity index (χ3n) is 5.03. The highest BCUT2D eigenvalue weighted by Crippen LogP contribution is 2.40. The van der Waals surface area contributed by atoms with Crippen LogP contribution in [0, 0.1) is 17.8 Å². The highest BCUT2D eigenvalue weighted by atomic mass is 32.1. The molecule has 6 heteroatoms. The molecule has 0 radical (unpaired) electrons. The number of ether oxygens (including phenoxy) is 1. The molecule has 2 atom stereocenters. The molecule has 0 aromatic carbocycles. The standard InChI is InChI=1S/C18H19NO3S2/c20-16-11-3-1-4-12(16)8-13(7-11)18(21)22-9-14-10-24-17(19-14)15-5-2-6-23-15/h2,5-6,10-13H,1,3-4,7-9H2. The number of thiazole rings is 1. The van der Waals surface area contributed by atoms with Gasteiger partial charge in [0.15, 0.2) is 0 Å². The summed E-state index contributed by atoms with van der Waals surface area (Å²) < 4.78 is 5.50. The molecule has 2 aliphatic rings. The Kier molecular flexibility index (Phi) is 4.50. The van der Waals surface area contributed by atoms with E-state index < -0.39 is 0 Å². The quantitative estimate of drug-likeness (QED) is 0.762. The Bertz CT molecular complexity index is 721. The van der Waals surface area contributed by atoms with Crippen LogP contribution in [-0.4, -0.2) is 16.7 Å². The van der Waals surface area contributed by atoms with Crippen molar-refractivity contribution in [1.29, 1.82) is 0 Å². The van der Waals surface area contributed by atoms with Crippen molar-refractivity contribution in [3.63, 3.8) is 0 Å². The van der Waals surface area contributed by atoms with Gasteiger partial charge in [0.2, 0.25) is 0 Å². The Balaban J connectivity index is 1.34. The molecule has 0 aliphatic heterocycles. The van der Waals surface area contributed by atoms with Crippen LogP contribution in [0.25, 0.3) is 9.88 Å². The summed E-state index contributed by atoms with van der Waals surface area (Å²) in [6.45, 7) is 0.223. The van der Waals surface area contributed by atoms with Gasteiger partial charge in [-0.25, -0.2) is 4.98 Å². The molecule has 2 heterocycles. The highest BCUT2D eigenvalue weighted by molar-refractivity contribution is 7.20. The number of Topliss-reactive ketones (excluding diaryl/α,β-unsaturated/α-hetero) is 1. The van der Waals surface area contributed by atoms with Gasteiger partial charge < -0.3 is 4.74 Å². The number of aromatic nitrogens is 1. The third kappa shape index (κ3) is 3.17. The molecule has 4 nitrogen and oxygen atoms in total. The maximum atomic E-state index is 12.4. The van der Waals surface area contributed by atoms with Crippen LogP contribution in [0.15, 0.2) is 22.9 Å². The van der Waals surface area contributed by atoms with Crippen molar-refractivity contribution >= 4 is 34.4 Å². The monoisotopic (exact) mass is 361 g/mol. The second-order valence-electron chi connectivity index (χ2n) is 6.62. The van der Waals surface area contributed by atoms with Crippen molar-refractivity contribution in [3.05, 3.63) is 28.6 Å². The van der Waals surface area contributed by atoms with Crippen LogP contribution in [0.1, 0.15) is 37.8 Å². The molecule has 24 heavy (non-hydrogen) atoms. The van der Waals surface area contributed by atoms with Gasteiger partial charge in [-0.3, -0.25) is 9.59 Å². The fraction of sp³-hybridized carbons (Fsp3) is 0.500. The van der Waals surface area contributed by atoms with Gasteiger partial charge in [0.25, 0.3) is 0 Å². The number of rotatable bonds is 4. The Hall–Kier alpha value is -1.53. The van der Waals surface area contributed by atoms with E-state index in [0.717, 1.165) is 34.8 Å². The molecule has 2 aromatic rings. The molecule has 2 saturated carbocycles. The van der Waals surface area contributed by atoms with Gasteiger partial charge in [0, 0.05) is 17.2 Å². The van der Waals surface area contributed by atoms with Crippen LogP contribution >= 0.6 is 22.7 Å². The number of carbonyl (C=O) groups is 2. The Morgan fingerprint density at radius 3 is 2.75 bits per heavy atom. The van der Waals surface area contributed by atoms with E-state index >= 15 is 0 Å². The van der Waals surface area contributed by atoms with E-state index in [4.69, 9.17) is 4.74 Å². The van der Waals surface area contributed by atoms with Gasteiger partial charge in [-0.2, -0.15) is 0 Å². The van der Waals surface area contributed by atoms with E-state index in [-0.39, 0.29) is 30.3 Å². The van der Waals surface area contributed by atoms with Gasteiger partial charge in [-0.05, 0) is 37.1 Å². The summed E-state index contributed by atoms with van der Waals surface area (Å²) >= 11 is 3.23. The van der Waals surface area contributed by atoms with Crippen molar-refractivity contribution in [1.82, 2.24) is 4.98 Å². The van der Waals surface area contributed by atoms with Crippen molar-refractivity contribution < 1.29 is 14.3 Å². The van der Waals surface area contributed by atoms with Crippen LogP contribution in [0.2, 0.25) is 0 Å². The van der Waals surface area contributed by atoms with E-state index in [9.17, 15) is 9.59 Å².